The van der Waals surface area contributed by atoms with Gasteiger partial charge in [-0.15, -0.1) is 0 Å². The van der Waals surface area contributed by atoms with Gasteiger partial charge in [0.1, 0.15) is 11.5 Å². The van der Waals surface area contributed by atoms with Crippen LogP contribution in [0, 0.1) is 40.9 Å². The number of nitrogens with two attached hydrogens (primary N) is 1. The summed E-state index contributed by atoms with van der Waals surface area (Å²) in [6, 6.07) is 3.60. The normalized spacial score (nSPS) is 30.9. The Balaban J connectivity index is 1.22. The van der Waals surface area contributed by atoms with E-state index in [-0.39, 0.29) is 29.1 Å². The van der Waals surface area contributed by atoms with Crippen molar-refractivity contribution in [2.24, 2.45) is 46.7 Å². The Bertz CT molecular complexity index is 1290. The molecule has 2 aromatic heterocycles. The summed E-state index contributed by atoms with van der Waals surface area (Å²) in [6.07, 6.45) is 5.00. The van der Waals surface area contributed by atoms with Crippen molar-refractivity contribution in [1.82, 2.24) is 14.9 Å². The molecule has 4 bridgehead atoms. The molecule has 8 rings (SSSR count). The number of carbonyl (C=O) groups is 3. The lowest BCUT2D eigenvalue weighted by atomic mass is 9.52. The first-order valence-electron chi connectivity index (χ1n) is 12.8. The maximum Gasteiger partial charge on any atom is 0.265 e. The van der Waals surface area contributed by atoms with E-state index in [0.717, 1.165) is 42.5 Å². The van der Waals surface area contributed by atoms with Crippen LogP contribution in [0.25, 0.3) is 11.1 Å². The van der Waals surface area contributed by atoms with Gasteiger partial charge in [0.25, 0.3) is 5.91 Å². The van der Waals surface area contributed by atoms with Crippen LogP contribution < -0.4 is 16.4 Å². The molecule has 0 spiro atoms. The molecule has 4 N–H and O–H groups in total. The average Bonchev–Trinajstić information content (AvgIpc) is 3.58. The fourth-order valence-corrected chi connectivity index (χ4v) is 8.05. The summed E-state index contributed by atoms with van der Waals surface area (Å²) < 4.78 is 1.99. The quantitative estimate of drug-likeness (QED) is 0.571. The number of hydrogen-bond acceptors (Lipinski definition) is 4. The molecule has 36 heavy (non-hydrogen) atoms. The van der Waals surface area contributed by atoms with Crippen LogP contribution in [-0.2, 0) is 22.6 Å². The second-order valence-electron chi connectivity index (χ2n) is 11.9. The Morgan fingerprint density at radius 2 is 1.81 bits per heavy atom. The van der Waals surface area contributed by atoms with Gasteiger partial charge in [0, 0.05) is 48.4 Å². The highest BCUT2D eigenvalue weighted by atomic mass is 35.5. The van der Waals surface area contributed by atoms with Gasteiger partial charge in [0.15, 0.2) is 0 Å². The van der Waals surface area contributed by atoms with Crippen LogP contribution in [-0.4, -0.2) is 34.3 Å². The Hall–Kier alpha value is -2.87. The lowest BCUT2D eigenvalue weighted by molar-refractivity contribution is -0.135. The molecule has 5 saturated carbocycles. The topological polar surface area (TPSA) is 119 Å². The Kier molecular flexibility index (Phi) is 5.27. The molecule has 2 aromatic rings. The summed E-state index contributed by atoms with van der Waals surface area (Å²) in [5, 5.41) is 6.28. The highest BCUT2D eigenvalue weighted by Gasteiger charge is 2.65. The molecule has 3 heterocycles. The maximum atomic E-state index is 13.3. The monoisotopic (exact) mass is 509 g/mol. The molecule has 8 nitrogen and oxygen atoms in total. The summed E-state index contributed by atoms with van der Waals surface area (Å²) in [5.74, 6) is 2.00. The van der Waals surface area contributed by atoms with E-state index >= 15 is 0 Å². The summed E-state index contributed by atoms with van der Waals surface area (Å²) >= 11 is 6.57. The van der Waals surface area contributed by atoms with E-state index in [1.165, 1.54) is 0 Å². The molecule has 0 radical (unpaired) electrons. The zero-order chi connectivity index (χ0) is 25.5. The number of nitrogens with one attached hydrogen (secondary N) is 2. The predicted octanol–water partition coefficient (Wildman–Crippen LogP) is 3.48. The molecule has 6 aliphatic rings. The third-order valence-electron chi connectivity index (χ3n) is 9.24. The molecular weight excluding hydrogens is 478 g/mol. The number of halogens is 1. The lowest BCUT2D eigenvalue weighted by Crippen LogP contribution is -2.51. The van der Waals surface area contributed by atoms with E-state index in [9.17, 15) is 14.4 Å². The summed E-state index contributed by atoms with van der Waals surface area (Å²) in [6.45, 7) is 5.03. The highest BCUT2D eigenvalue weighted by Crippen LogP contribution is 2.68. The molecule has 0 saturated heterocycles. The number of pyridine rings is 1. The standard InChI is InChI=1S/C27H32ClN5O3/c1-27(2)9-21-15(7-20(24(29)34)33(21)11-27)14-8-22(31-10-19(14)28)32-26(36)18-6-13-16-4-12(25(35)30-3)5-17(13)23(16)18/h7-8,10,12-13,16-18,23H,4-6,9,11H2,1-3H3,(H2,29,34)(H,30,35)(H,31,32,36)/t12-,13-,16-,17+,18-,23?/m0/s1. The number of amides is 3. The van der Waals surface area contributed by atoms with E-state index in [2.05, 4.69) is 29.5 Å². The van der Waals surface area contributed by atoms with Crippen LogP contribution in [0.4, 0.5) is 5.82 Å². The van der Waals surface area contributed by atoms with Gasteiger partial charge in [-0.2, -0.15) is 0 Å². The number of nitrogens with zero attached hydrogens (tertiary/aromatic N) is 2. The van der Waals surface area contributed by atoms with Crippen LogP contribution in [0.3, 0.4) is 0 Å². The van der Waals surface area contributed by atoms with E-state index in [1.54, 1.807) is 25.4 Å². The van der Waals surface area contributed by atoms with E-state index < -0.39 is 5.91 Å². The summed E-state index contributed by atoms with van der Waals surface area (Å²) in [4.78, 5) is 41.9. The number of anilines is 1. The third-order valence-corrected chi connectivity index (χ3v) is 9.54. The van der Waals surface area contributed by atoms with Crippen molar-refractivity contribution in [1.29, 1.82) is 0 Å². The van der Waals surface area contributed by atoms with E-state index in [1.807, 2.05) is 4.57 Å². The average molecular weight is 510 g/mol. The fraction of sp³-hybridized carbons (Fsp3) is 0.556. The number of hydrogen-bond donors (Lipinski definition) is 3. The van der Waals surface area contributed by atoms with Crippen LogP contribution in [0.1, 0.15) is 49.3 Å². The van der Waals surface area contributed by atoms with Gasteiger partial charge in [-0.1, -0.05) is 25.4 Å². The lowest BCUT2D eigenvalue weighted by Gasteiger charge is -2.52. The van der Waals surface area contributed by atoms with Gasteiger partial charge in [-0.25, -0.2) is 4.98 Å². The van der Waals surface area contributed by atoms with Crippen molar-refractivity contribution in [3.8, 4) is 11.1 Å². The minimum Gasteiger partial charge on any atom is -0.364 e. The van der Waals surface area contributed by atoms with E-state index in [4.69, 9.17) is 17.3 Å². The Labute approximate surface area is 215 Å². The van der Waals surface area contributed by atoms with Crippen LogP contribution >= 0.6 is 11.6 Å². The second-order valence-corrected chi connectivity index (χ2v) is 12.3. The van der Waals surface area contributed by atoms with Gasteiger partial charge >= 0.3 is 0 Å². The molecule has 9 heteroatoms. The molecule has 3 amide bonds. The first-order valence-corrected chi connectivity index (χ1v) is 13.2. The van der Waals surface area contributed by atoms with Gasteiger partial charge in [0.2, 0.25) is 11.8 Å². The molecule has 5 fully saturated rings. The maximum absolute atomic E-state index is 13.3. The Morgan fingerprint density at radius 3 is 2.47 bits per heavy atom. The van der Waals surface area contributed by atoms with Crippen molar-refractivity contribution in [3.05, 3.63) is 34.7 Å². The number of carbonyl (C=O) groups excluding carboxylic acids is 3. The van der Waals surface area contributed by atoms with E-state index in [0.29, 0.717) is 46.8 Å². The van der Waals surface area contributed by atoms with Crippen molar-refractivity contribution >= 4 is 35.1 Å². The second kappa shape index (κ2) is 8.07. The van der Waals surface area contributed by atoms with Crippen molar-refractivity contribution in [2.45, 2.75) is 46.1 Å². The molecule has 6 atom stereocenters. The third kappa shape index (κ3) is 3.48. The molecule has 1 aliphatic heterocycles. The Morgan fingerprint density at radius 1 is 1.08 bits per heavy atom. The number of primary amides is 1. The van der Waals surface area contributed by atoms with Gasteiger partial charge in [0.05, 0.1) is 5.02 Å². The largest absolute Gasteiger partial charge is 0.364 e. The summed E-state index contributed by atoms with van der Waals surface area (Å²) in [5.41, 5.74) is 8.76. The summed E-state index contributed by atoms with van der Waals surface area (Å²) in [7, 11) is 1.69. The van der Waals surface area contributed by atoms with Crippen molar-refractivity contribution < 1.29 is 14.4 Å². The number of fused-ring (bicyclic) bond motifs is 4. The fourth-order valence-electron chi connectivity index (χ4n) is 7.84. The highest BCUT2D eigenvalue weighted by molar-refractivity contribution is 6.33. The van der Waals surface area contributed by atoms with Crippen LogP contribution in [0.15, 0.2) is 18.3 Å². The molecule has 190 valence electrons. The van der Waals surface area contributed by atoms with Crippen molar-refractivity contribution in [3.63, 3.8) is 0 Å². The smallest absolute Gasteiger partial charge is 0.265 e. The minimum absolute atomic E-state index is 0.00422. The van der Waals surface area contributed by atoms with Gasteiger partial charge < -0.3 is 20.9 Å². The minimum atomic E-state index is -0.469. The zero-order valence-electron chi connectivity index (χ0n) is 20.8. The van der Waals surface area contributed by atoms with Crippen LogP contribution in [0.2, 0.25) is 5.02 Å². The van der Waals surface area contributed by atoms with Crippen LogP contribution in [0.5, 0.6) is 0 Å². The number of aromatic nitrogens is 2. The number of rotatable bonds is 5. The molecule has 1 unspecified atom stereocenters. The molecule has 0 aromatic carbocycles. The molecular formula is C27H32ClN5O3. The van der Waals surface area contributed by atoms with Gasteiger partial charge in [-0.3, -0.25) is 14.4 Å². The first-order chi connectivity index (χ1) is 17.1. The first kappa shape index (κ1) is 23.5. The molecule has 5 aliphatic carbocycles. The van der Waals surface area contributed by atoms with Gasteiger partial charge in [-0.05, 0) is 66.9 Å². The SMILES string of the molecule is CNC(=O)[C@H]1C[C@@H]2C3[C@@H](C(=O)Nc4cc(-c5cc(C(N)=O)n6c5CC(C)(C)C6)c(Cl)cn4)C[C@@H]2[C@H]3C1. The zero-order valence-corrected chi connectivity index (χ0v) is 21.6. The van der Waals surface area contributed by atoms with Crippen molar-refractivity contribution in [2.75, 3.05) is 12.4 Å². The predicted molar refractivity (Wildman–Crippen MR) is 136 cm³/mol.